The van der Waals surface area contributed by atoms with Crippen molar-refractivity contribution in [2.75, 3.05) is 6.61 Å². The molecule has 0 bridgehead atoms. The van der Waals surface area contributed by atoms with Gasteiger partial charge in [0.05, 0.1) is 6.61 Å². The summed E-state index contributed by atoms with van der Waals surface area (Å²) in [4.78, 5) is 22.2. The van der Waals surface area contributed by atoms with Gasteiger partial charge in [0.1, 0.15) is 0 Å². The molecule has 0 heterocycles. The summed E-state index contributed by atoms with van der Waals surface area (Å²) in [7, 11) is 0. The van der Waals surface area contributed by atoms with E-state index in [1.54, 1.807) is 0 Å². The highest BCUT2D eigenvalue weighted by molar-refractivity contribution is 5.82. The molecule has 0 spiro atoms. The molecule has 6 nitrogen and oxygen atoms in total. The minimum atomic E-state index is -1.25. The van der Waals surface area contributed by atoms with Gasteiger partial charge in [-0.05, 0) is 31.1 Å². The molecular formula is C12H22N2O4. The van der Waals surface area contributed by atoms with Crippen molar-refractivity contribution in [3.8, 4) is 0 Å². The lowest BCUT2D eigenvalue weighted by Gasteiger charge is -2.32. The highest BCUT2D eigenvalue weighted by Crippen LogP contribution is 2.29. The Bertz CT molecular complexity index is 308. The van der Waals surface area contributed by atoms with Crippen molar-refractivity contribution < 1.29 is 19.8 Å². The van der Waals surface area contributed by atoms with Gasteiger partial charge in [-0.1, -0.05) is 13.8 Å². The number of carboxylic acids is 1. The van der Waals surface area contributed by atoms with Gasteiger partial charge in [-0.3, -0.25) is 0 Å². The van der Waals surface area contributed by atoms with Crippen LogP contribution in [-0.4, -0.2) is 40.9 Å². The first-order chi connectivity index (χ1) is 8.43. The zero-order valence-electron chi connectivity index (χ0n) is 10.8. The van der Waals surface area contributed by atoms with E-state index in [1.807, 2.05) is 0 Å². The SMILES string of the molecule is CC1CCC(NC(=O)N[C@@H](CO)C(=O)O)CC1C. The molecule has 0 saturated heterocycles. The zero-order valence-corrected chi connectivity index (χ0v) is 10.8. The van der Waals surface area contributed by atoms with Gasteiger partial charge in [0.25, 0.3) is 0 Å². The summed E-state index contributed by atoms with van der Waals surface area (Å²) in [6.45, 7) is 3.75. The molecule has 3 unspecified atom stereocenters. The number of hydrogen-bond acceptors (Lipinski definition) is 3. The molecule has 0 aromatic rings. The Balaban J connectivity index is 2.38. The lowest BCUT2D eigenvalue weighted by Crippen LogP contribution is -2.51. The largest absolute Gasteiger partial charge is 0.480 e. The number of nitrogens with one attached hydrogen (secondary N) is 2. The Morgan fingerprint density at radius 2 is 1.94 bits per heavy atom. The van der Waals surface area contributed by atoms with Crippen molar-refractivity contribution in [1.29, 1.82) is 0 Å². The lowest BCUT2D eigenvalue weighted by atomic mass is 9.79. The van der Waals surface area contributed by atoms with E-state index in [2.05, 4.69) is 24.5 Å². The minimum Gasteiger partial charge on any atom is -0.480 e. The quantitative estimate of drug-likeness (QED) is 0.592. The molecule has 0 radical (unpaired) electrons. The first kappa shape index (κ1) is 14.8. The van der Waals surface area contributed by atoms with Crippen LogP contribution < -0.4 is 10.6 Å². The predicted molar refractivity (Wildman–Crippen MR) is 66.1 cm³/mol. The number of hydrogen-bond donors (Lipinski definition) is 4. The number of rotatable bonds is 4. The van der Waals surface area contributed by atoms with Gasteiger partial charge in [-0.2, -0.15) is 0 Å². The number of carbonyl (C=O) groups is 2. The molecule has 1 aliphatic rings. The smallest absolute Gasteiger partial charge is 0.328 e. The van der Waals surface area contributed by atoms with Gasteiger partial charge in [-0.15, -0.1) is 0 Å². The molecule has 104 valence electrons. The third-order valence-electron chi connectivity index (χ3n) is 3.72. The van der Waals surface area contributed by atoms with Crippen LogP contribution in [0.5, 0.6) is 0 Å². The van der Waals surface area contributed by atoms with Crippen molar-refractivity contribution in [1.82, 2.24) is 10.6 Å². The fourth-order valence-corrected chi connectivity index (χ4v) is 2.25. The minimum absolute atomic E-state index is 0.0873. The second kappa shape index (κ2) is 6.58. The second-order valence-electron chi connectivity index (χ2n) is 5.16. The van der Waals surface area contributed by atoms with E-state index in [4.69, 9.17) is 10.2 Å². The van der Waals surface area contributed by atoms with E-state index in [-0.39, 0.29) is 6.04 Å². The number of aliphatic hydroxyl groups is 1. The van der Waals surface area contributed by atoms with E-state index in [9.17, 15) is 9.59 Å². The van der Waals surface area contributed by atoms with Crippen molar-refractivity contribution in [2.45, 2.75) is 45.2 Å². The Hall–Kier alpha value is -1.30. The number of carbonyl (C=O) groups excluding carboxylic acids is 1. The van der Waals surface area contributed by atoms with Gasteiger partial charge in [0, 0.05) is 6.04 Å². The number of aliphatic carboxylic acids is 1. The normalized spacial score (nSPS) is 29.4. The summed E-state index contributed by atoms with van der Waals surface area (Å²) >= 11 is 0. The Morgan fingerprint density at radius 1 is 1.28 bits per heavy atom. The van der Waals surface area contributed by atoms with Crippen LogP contribution >= 0.6 is 0 Å². The molecule has 1 rings (SSSR count). The van der Waals surface area contributed by atoms with Crippen LogP contribution in [0.1, 0.15) is 33.1 Å². The highest BCUT2D eigenvalue weighted by Gasteiger charge is 2.26. The van der Waals surface area contributed by atoms with Crippen LogP contribution in [0.4, 0.5) is 4.79 Å². The van der Waals surface area contributed by atoms with Crippen LogP contribution in [0.3, 0.4) is 0 Å². The Kier molecular flexibility index (Phi) is 5.40. The molecule has 18 heavy (non-hydrogen) atoms. The summed E-state index contributed by atoms with van der Waals surface area (Å²) < 4.78 is 0. The number of carboxylic acid groups (broad SMARTS) is 1. The van der Waals surface area contributed by atoms with Gasteiger partial charge in [0.15, 0.2) is 6.04 Å². The maximum atomic E-state index is 11.6. The van der Waals surface area contributed by atoms with Crippen LogP contribution in [0.25, 0.3) is 0 Å². The van der Waals surface area contributed by atoms with Crippen molar-refractivity contribution in [2.24, 2.45) is 11.8 Å². The molecule has 0 aromatic heterocycles. The van der Waals surface area contributed by atoms with Gasteiger partial charge >= 0.3 is 12.0 Å². The molecule has 1 aliphatic carbocycles. The van der Waals surface area contributed by atoms with E-state index >= 15 is 0 Å². The van der Waals surface area contributed by atoms with E-state index in [1.165, 1.54) is 0 Å². The third-order valence-corrected chi connectivity index (χ3v) is 3.72. The van der Waals surface area contributed by atoms with Crippen LogP contribution in [0.2, 0.25) is 0 Å². The summed E-state index contributed by atoms with van der Waals surface area (Å²) in [6, 6.07) is -1.68. The molecule has 6 heteroatoms. The van der Waals surface area contributed by atoms with Crippen LogP contribution in [0, 0.1) is 11.8 Å². The fourth-order valence-electron chi connectivity index (χ4n) is 2.25. The number of urea groups is 1. The van der Waals surface area contributed by atoms with E-state index in [0.717, 1.165) is 19.3 Å². The number of aliphatic hydroxyl groups excluding tert-OH is 1. The zero-order chi connectivity index (χ0) is 13.7. The standard InChI is InChI=1S/C12H22N2O4/c1-7-3-4-9(5-8(7)2)13-12(18)14-10(6-15)11(16)17/h7-10,15H,3-6H2,1-2H3,(H,16,17)(H2,13,14,18)/t7?,8?,9?,10-/m0/s1. The van der Waals surface area contributed by atoms with Gasteiger partial charge < -0.3 is 20.8 Å². The van der Waals surface area contributed by atoms with Crippen LogP contribution in [-0.2, 0) is 4.79 Å². The summed E-state index contributed by atoms with van der Waals surface area (Å²) in [5, 5.41) is 22.5. The summed E-state index contributed by atoms with van der Waals surface area (Å²) in [6.07, 6.45) is 2.88. The third kappa shape index (κ3) is 4.18. The van der Waals surface area contributed by atoms with Crippen molar-refractivity contribution in [3.63, 3.8) is 0 Å². The van der Waals surface area contributed by atoms with Gasteiger partial charge in [-0.25, -0.2) is 9.59 Å². The fraction of sp³-hybridized carbons (Fsp3) is 0.833. The lowest BCUT2D eigenvalue weighted by molar-refractivity contribution is -0.140. The molecule has 0 aliphatic heterocycles. The van der Waals surface area contributed by atoms with E-state index < -0.39 is 24.6 Å². The average Bonchev–Trinajstić information content (AvgIpc) is 2.30. The molecule has 1 fully saturated rings. The Labute approximate surface area is 107 Å². The molecule has 4 N–H and O–H groups in total. The van der Waals surface area contributed by atoms with E-state index in [0.29, 0.717) is 11.8 Å². The van der Waals surface area contributed by atoms with Crippen molar-refractivity contribution in [3.05, 3.63) is 0 Å². The highest BCUT2D eigenvalue weighted by atomic mass is 16.4. The monoisotopic (exact) mass is 258 g/mol. The molecule has 0 aromatic carbocycles. The van der Waals surface area contributed by atoms with Crippen LogP contribution in [0.15, 0.2) is 0 Å². The topological polar surface area (TPSA) is 98.7 Å². The average molecular weight is 258 g/mol. The molecule has 1 saturated carbocycles. The molecular weight excluding hydrogens is 236 g/mol. The maximum absolute atomic E-state index is 11.6. The number of amides is 2. The summed E-state index contributed by atoms with van der Waals surface area (Å²) in [5.41, 5.74) is 0. The molecule has 2 amide bonds. The molecule has 4 atom stereocenters. The Morgan fingerprint density at radius 3 is 2.44 bits per heavy atom. The maximum Gasteiger partial charge on any atom is 0.328 e. The first-order valence-corrected chi connectivity index (χ1v) is 6.34. The first-order valence-electron chi connectivity index (χ1n) is 6.34. The summed E-state index contributed by atoms with van der Waals surface area (Å²) in [5.74, 6) is -0.0224. The second-order valence-corrected chi connectivity index (χ2v) is 5.16. The van der Waals surface area contributed by atoms with Gasteiger partial charge in [0.2, 0.25) is 0 Å². The van der Waals surface area contributed by atoms with Crippen molar-refractivity contribution >= 4 is 12.0 Å². The predicted octanol–water partition coefficient (Wildman–Crippen LogP) is 0.556.